The quantitative estimate of drug-likeness (QED) is 0.795. The largest absolute Gasteiger partial charge is 0.480 e. The number of hydrogen-bond acceptors (Lipinski definition) is 3. The predicted molar refractivity (Wildman–Crippen MR) is 72.4 cm³/mol. The van der Waals surface area contributed by atoms with E-state index in [-0.39, 0.29) is 30.6 Å². The van der Waals surface area contributed by atoms with Crippen molar-refractivity contribution in [2.24, 2.45) is 17.8 Å². The Balaban J connectivity index is 1.62. The number of amides is 3. The molecule has 3 amide bonds. The van der Waals surface area contributed by atoms with E-state index in [1.807, 2.05) is 0 Å². The first-order valence-electron chi connectivity index (χ1n) is 7.80. The average Bonchev–Trinajstić information content (AvgIpc) is 2.62. The van der Waals surface area contributed by atoms with Crippen LogP contribution in [0, 0.1) is 17.8 Å². The smallest absolute Gasteiger partial charge is 0.328 e. The lowest BCUT2D eigenvalue weighted by molar-refractivity contribution is -0.138. The van der Waals surface area contributed by atoms with Crippen LogP contribution in [0.15, 0.2) is 0 Å². The summed E-state index contributed by atoms with van der Waals surface area (Å²) in [5.41, 5.74) is -0.309. The van der Waals surface area contributed by atoms with Crippen LogP contribution >= 0.6 is 0 Å². The fourth-order valence-electron chi connectivity index (χ4n) is 5.64. The van der Waals surface area contributed by atoms with Crippen LogP contribution in [0.25, 0.3) is 0 Å². The fraction of sp³-hybridized carbons (Fsp3) is 0.800. The molecule has 0 unspecified atom stereocenters. The summed E-state index contributed by atoms with van der Waals surface area (Å²) in [5.74, 6) is 0.660. The molecule has 21 heavy (non-hydrogen) atoms. The van der Waals surface area contributed by atoms with Gasteiger partial charge in [-0.2, -0.15) is 0 Å². The van der Waals surface area contributed by atoms with Gasteiger partial charge >= 0.3 is 12.0 Å². The van der Waals surface area contributed by atoms with Crippen LogP contribution in [0.1, 0.15) is 38.5 Å². The molecule has 1 N–H and O–H groups in total. The first kappa shape index (κ1) is 13.1. The minimum atomic E-state index is -1.07. The van der Waals surface area contributed by atoms with Crippen molar-refractivity contribution in [2.75, 3.05) is 13.1 Å². The normalized spacial score (nSPS) is 41.2. The van der Waals surface area contributed by atoms with Crippen LogP contribution in [0.4, 0.5) is 4.79 Å². The monoisotopic (exact) mass is 292 g/mol. The Morgan fingerprint density at radius 1 is 1.10 bits per heavy atom. The molecule has 0 aromatic rings. The van der Waals surface area contributed by atoms with Crippen molar-refractivity contribution in [2.45, 2.75) is 44.1 Å². The molecule has 0 radical (unpaired) electrons. The summed E-state index contributed by atoms with van der Waals surface area (Å²) in [4.78, 5) is 38.4. The van der Waals surface area contributed by atoms with Crippen LogP contribution in [0.3, 0.4) is 0 Å². The highest BCUT2D eigenvalue weighted by molar-refractivity contribution is 6.03. The summed E-state index contributed by atoms with van der Waals surface area (Å²) in [5, 5.41) is 8.87. The standard InChI is InChI=1S/C15H20N2O4/c18-12-7-16(8-13(19)20)14(21)17(12)15-4-9-1-10(5-15)3-11(2-9)6-15/h9-11H,1-8H2,(H,19,20). The molecule has 0 aromatic carbocycles. The van der Waals surface area contributed by atoms with E-state index >= 15 is 0 Å². The third-order valence-electron chi connectivity index (χ3n) is 5.84. The average molecular weight is 292 g/mol. The Morgan fingerprint density at radius 3 is 2.10 bits per heavy atom. The molecule has 5 aliphatic rings. The van der Waals surface area contributed by atoms with Crippen molar-refractivity contribution < 1.29 is 19.5 Å². The molecule has 6 nitrogen and oxygen atoms in total. The Labute approximate surface area is 123 Å². The second kappa shape index (κ2) is 4.21. The molecule has 1 aliphatic heterocycles. The van der Waals surface area contributed by atoms with Crippen molar-refractivity contribution >= 4 is 17.9 Å². The van der Waals surface area contributed by atoms with Gasteiger partial charge in [-0.3, -0.25) is 14.5 Å². The number of rotatable bonds is 3. The molecule has 4 saturated carbocycles. The highest BCUT2D eigenvalue weighted by Crippen LogP contribution is 2.58. The molecule has 1 heterocycles. The van der Waals surface area contributed by atoms with Crippen LogP contribution in [0.5, 0.6) is 0 Å². The maximum absolute atomic E-state index is 12.5. The van der Waals surface area contributed by atoms with Gasteiger partial charge in [0.2, 0.25) is 0 Å². The molecule has 0 atom stereocenters. The summed E-state index contributed by atoms with van der Waals surface area (Å²) in [6.45, 7) is -0.458. The number of carbonyl (C=O) groups excluding carboxylic acids is 2. The third-order valence-corrected chi connectivity index (χ3v) is 5.84. The molecule has 1 saturated heterocycles. The Hall–Kier alpha value is -1.59. The van der Waals surface area contributed by atoms with Gasteiger partial charge in [-0.1, -0.05) is 0 Å². The Morgan fingerprint density at radius 2 is 1.62 bits per heavy atom. The van der Waals surface area contributed by atoms with Gasteiger partial charge in [0.1, 0.15) is 13.1 Å². The Kier molecular flexibility index (Phi) is 2.63. The summed E-state index contributed by atoms with van der Waals surface area (Å²) in [6, 6.07) is -0.385. The van der Waals surface area contributed by atoms with Crippen molar-refractivity contribution in [3.05, 3.63) is 0 Å². The van der Waals surface area contributed by atoms with Crippen LogP contribution in [-0.4, -0.2) is 51.4 Å². The lowest BCUT2D eigenvalue weighted by atomic mass is 9.52. The van der Waals surface area contributed by atoms with Crippen LogP contribution in [0.2, 0.25) is 0 Å². The van der Waals surface area contributed by atoms with Gasteiger partial charge in [-0.15, -0.1) is 0 Å². The lowest BCUT2D eigenvalue weighted by Crippen LogP contribution is -2.61. The molecule has 0 spiro atoms. The second-order valence-electron chi connectivity index (χ2n) is 7.40. The highest BCUT2D eigenvalue weighted by Gasteiger charge is 2.58. The van der Waals surface area contributed by atoms with E-state index < -0.39 is 5.97 Å². The minimum Gasteiger partial charge on any atom is -0.480 e. The molecule has 0 aromatic heterocycles. The summed E-state index contributed by atoms with van der Waals surface area (Å²) >= 11 is 0. The molecule has 5 fully saturated rings. The van der Waals surface area contributed by atoms with Crippen LogP contribution in [-0.2, 0) is 9.59 Å². The topological polar surface area (TPSA) is 77.9 Å². The zero-order valence-electron chi connectivity index (χ0n) is 12.0. The SMILES string of the molecule is O=C(O)CN1CC(=O)N(C23CC4CC(CC(C4)C2)C3)C1=O. The number of hydrogen-bond donors (Lipinski definition) is 1. The van der Waals surface area contributed by atoms with E-state index in [0.717, 1.165) is 19.3 Å². The molecular weight excluding hydrogens is 272 g/mol. The first-order chi connectivity index (χ1) is 9.97. The molecule has 114 valence electrons. The number of nitrogens with zero attached hydrogens (tertiary/aromatic N) is 2. The van der Waals surface area contributed by atoms with Crippen LogP contribution < -0.4 is 0 Å². The number of aliphatic carboxylic acids is 1. The summed E-state index contributed by atoms with van der Waals surface area (Å²) in [6.07, 6.45) is 6.52. The second-order valence-corrected chi connectivity index (χ2v) is 7.40. The van der Waals surface area contributed by atoms with Crippen molar-refractivity contribution in [1.82, 2.24) is 9.80 Å². The van der Waals surface area contributed by atoms with Crippen molar-refractivity contribution in [3.63, 3.8) is 0 Å². The minimum absolute atomic E-state index is 0.0765. The Bertz CT molecular complexity index is 494. The van der Waals surface area contributed by atoms with Gasteiger partial charge in [-0.25, -0.2) is 4.79 Å². The molecule has 6 heteroatoms. The van der Waals surface area contributed by atoms with Gasteiger partial charge in [0, 0.05) is 0 Å². The maximum atomic E-state index is 12.5. The summed E-state index contributed by atoms with van der Waals surface area (Å²) < 4.78 is 0. The molecule has 5 rings (SSSR count). The van der Waals surface area contributed by atoms with E-state index in [1.165, 1.54) is 29.1 Å². The van der Waals surface area contributed by atoms with E-state index in [1.54, 1.807) is 0 Å². The van der Waals surface area contributed by atoms with Crippen molar-refractivity contribution in [3.8, 4) is 0 Å². The predicted octanol–water partition coefficient (Wildman–Crippen LogP) is 1.30. The van der Waals surface area contributed by atoms with Gasteiger partial charge in [0.25, 0.3) is 5.91 Å². The van der Waals surface area contributed by atoms with E-state index in [4.69, 9.17) is 5.11 Å². The lowest BCUT2D eigenvalue weighted by Gasteiger charge is -2.58. The fourth-order valence-corrected chi connectivity index (χ4v) is 5.64. The highest BCUT2D eigenvalue weighted by atomic mass is 16.4. The van der Waals surface area contributed by atoms with Gasteiger partial charge in [0.15, 0.2) is 0 Å². The third kappa shape index (κ3) is 1.88. The molecule has 4 bridgehead atoms. The first-order valence-corrected chi connectivity index (χ1v) is 7.80. The number of carboxylic acids is 1. The van der Waals surface area contributed by atoms with E-state index in [9.17, 15) is 14.4 Å². The van der Waals surface area contributed by atoms with Gasteiger partial charge in [0.05, 0.1) is 5.54 Å². The van der Waals surface area contributed by atoms with Gasteiger partial charge < -0.3 is 10.0 Å². The number of urea groups is 1. The summed E-state index contributed by atoms with van der Waals surface area (Å²) in [7, 11) is 0. The molecular formula is C15H20N2O4. The van der Waals surface area contributed by atoms with E-state index in [0.29, 0.717) is 17.8 Å². The maximum Gasteiger partial charge on any atom is 0.328 e. The number of carboxylic acid groups (broad SMARTS) is 1. The number of imide groups is 1. The van der Waals surface area contributed by atoms with Crippen molar-refractivity contribution in [1.29, 1.82) is 0 Å². The zero-order chi connectivity index (χ0) is 14.8. The molecule has 4 aliphatic carbocycles. The van der Waals surface area contributed by atoms with E-state index in [2.05, 4.69) is 0 Å². The van der Waals surface area contributed by atoms with Gasteiger partial charge in [-0.05, 0) is 56.3 Å². The number of carbonyl (C=O) groups is 3. The zero-order valence-corrected chi connectivity index (χ0v) is 12.0.